The number of phenols is 1. The molecule has 123 heavy (non-hydrogen) atoms. The predicted molar refractivity (Wildman–Crippen MR) is 440 cm³/mol. The second-order valence-corrected chi connectivity index (χ2v) is 31.2. The lowest BCUT2D eigenvalue weighted by Gasteiger charge is -2.32. The largest absolute Gasteiger partial charge is 0.508 e. The number of carbonyl (C=O) groups excluding carboxylic acids is 16. The Bertz CT molecular complexity index is 4370. The summed E-state index contributed by atoms with van der Waals surface area (Å²) >= 11 is 1.38. The van der Waals surface area contributed by atoms with Crippen molar-refractivity contribution in [2.45, 2.75) is 184 Å². The van der Waals surface area contributed by atoms with Gasteiger partial charge in [-0.3, -0.25) is 81.5 Å². The van der Waals surface area contributed by atoms with Gasteiger partial charge in [-0.2, -0.15) is 11.8 Å². The van der Waals surface area contributed by atoms with Gasteiger partial charge in [0, 0.05) is 49.3 Å². The molecule has 0 saturated carbocycles. The molecule has 3 aromatic carbocycles. The van der Waals surface area contributed by atoms with E-state index in [1.807, 2.05) is 0 Å². The fraction of sp³-hybridized carbons (Fsp3) is 0.519. The summed E-state index contributed by atoms with van der Waals surface area (Å²) < 4.78 is 0. The van der Waals surface area contributed by atoms with E-state index in [9.17, 15) is 122 Å². The van der Waals surface area contributed by atoms with Gasteiger partial charge in [0.2, 0.25) is 94.5 Å². The van der Waals surface area contributed by atoms with Crippen molar-refractivity contribution in [2.75, 3.05) is 58.1 Å². The molecule has 44 heteroatoms. The second-order valence-electron chi connectivity index (χ2n) is 30.2. The zero-order valence-electron chi connectivity index (χ0n) is 68.9. The van der Waals surface area contributed by atoms with E-state index in [1.54, 1.807) is 90.3 Å². The minimum atomic E-state index is -2.01. The quantitative estimate of drug-likeness (QED) is 0.0195. The maximum Gasteiger partial charge on any atom is 0.326 e. The first-order valence-corrected chi connectivity index (χ1v) is 40.9. The van der Waals surface area contributed by atoms with Gasteiger partial charge in [-0.1, -0.05) is 102 Å². The summed E-state index contributed by atoms with van der Waals surface area (Å²) in [6.07, 6.45) is 0.558. The summed E-state index contributed by atoms with van der Waals surface area (Å²) in [4.78, 5) is 248. The monoisotopic (exact) mass is 1740 g/mol. The molecule has 4 aromatic rings. The van der Waals surface area contributed by atoms with Crippen LogP contribution in [0, 0.1) is 17.8 Å². The highest BCUT2D eigenvalue weighted by molar-refractivity contribution is 7.98. The van der Waals surface area contributed by atoms with E-state index in [4.69, 9.17) is 11.5 Å². The van der Waals surface area contributed by atoms with Gasteiger partial charge in [0.25, 0.3) is 0 Å². The standard InChI is InChI=1S/C79H112N18O25S/c1-39(2)63(95-74(116)58-18-13-26-97(58)78(120)50(25-27-123-7)86-76(118)64(40(3)4)96-77(119)65(41(5)6)94-66(108)47(80)35-98)75(117)84-33-60(104)83-34-61(105)85-49(23-24-59(81)103)67(109)91-57(38-101)73(115)93-56(37-100)71(113)88-51(28-42-14-9-8-10-15-42)68(110)87-52(29-43-19-21-45(102)22-20-43)69(111)92-55(36-99)72(114)89-53(31-62(106)107)70(112)90-54(79(121)122)30-44-32-82-48-17-12-11-16-46(44)48/h8-12,14-17,19-22,32,39-41,47,49-58,63-65,82,98-102H,13,18,23-31,33-38,80H2,1-7H3,(H2,81,103)(H,83,104)(H,84,117)(H,85,105)(H,86,118)(H,87,110)(H,88,113)(H,89,114)(H,90,112)(H,91,109)(H,92,111)(H,93,115)(H,94,108)(H,95,116)(H,96,119)(H,106,107)(H,121,122)/t47-,49-,50-,51-,52-,53-,54-,55-,56-,57-,58-,63-,64-,65-/m0/s1. The van der Waals surface area contributed by atoms with Gasteiger partial charge < -0.3 is 132 Å². The molecule has 5 rings (SSSR count). The van der Waals surface area contributed by atoms with Crippen LogP contribution in [0.4, 0.5) is 0 Å². The molecule has 0 unspecified atom stereocenters. The van der Waals surface area contributed by atoms with E-state index in [-0.39, 0.29) is 43.5 Å². The number of carbonyl (C=O) groups is 18. The third kappa shape index (κ3) is 32.2. The van der Waals surface area contributed by atoms with Gasteiger partial charge in [-0.25, -0.2) is 4.79 Å². The fourth-order valence-electron chi connectivity index (χ4n) is 12.7. The number of fused-ring (bicyclic) bond motifs is 1. The first kappa shape index (κ1) is 101. The lowest BCUT2D eigenvalue weighted by Crippen LogP contribution is -2.62. The molecule has 2 heterocycles. The number of likely N-dealkylation sites (tertiary alicyclic amines) is 1. The molecule has 0 spiro atoms. The molecule has 1 aromatic heterocycles. The molecular formula is C79H112N18O25S. The molecule has 14 atom stereocenters. The van der Waals surface area contributed by atoms with Crippen LogP contribution in [0.25, 0.3) is 10.9 Å². The Labute approximate surface area is 711 Å². The van der Waals surface area contributed by atoms with Crippen LogP contribution in [-0.4, -0.2) is 295 Å². The number of nitrogens with zero attached hydrogens (tertiary/aromatic N) is 1. The number of benzene rings is 3. The minimum Gasteiger partial charge on any atom is -0.508 e. The van der Waals surface area contributed by atoms with E-state index in [2.05, 4.69) is 79.4 Å². The number of hydrogen-bond donors (Lipinski definition) is 24. The number of carboxylic acid groups (broad SMARTS) is 2. The van der Waals surface area contributed by atoms with Crippen molar-refractivity contribution in [3.63, 3.8) is 0 Å². The number of nitrogens with two attached hydrogens (primary N) is 2. The van der Waals surface area contributed by atoms with Crippen LogP contribution in [0.3, 0.4) is 0 Å². The summed E-state index contributed by atoms with van der Waals surface area (Å²) in [5, 5.41) is 105. The number of para-hydroxylation sites is 1. The van der Waals surface area contributed by atoms with Crippen LogP contribution in [0.1, 0.15) is 96.8 Å². The second kappa shape index (κ2) is 50.1. The van der Waals surface area contributed by atoms with E-state index >= 15 is 0 Å². The molecule has 1 aliphatic heterocycles. The fourth-order valence-corrected chi connectivity index (χ4v) is 13.2. The van der Waals surface area contributed by atoms with E-state index in [0.29, 0.717) is 34.2 Å². The summed E-state index contributed by atoms with van der Waals surface area (Å²) in [6, 6.07) is -2.38. The van der Waals surface area contributed by atoms with Gasteiger partial charge in [0.15, 0.2) is 0 Å². The zero-order valence-corrected chi connectivity index (χ0v) is 69.7. The Balaban J connectivity index is 1.21. The van der Waals surface area contributed by atoms with Crippen molar-refractivity contribution in [3.05, 3.63) is 102 Å². The predicted octanol–water partition coefficient (Wildman–Crippen LogP) is -7.22. The number of nitrogens with one attached hydrogen (secondary N) is 15. The molecular weight excluding hydrogens is 1630 g/mol. The molecule has 0 radical (unpaired) electrons. The maximum absolute atomic E-state index is 14.6. The van der Waals surface area contributed by atoms with Crippen LogP contribution in [0.15, 0.2) is 85.1 Å². The normalized spacial score (nSPS) is 15.6. The highest BCUT2D eigenvalue weighted by atomic mass is 32.2. The lowest BCUT2D eigenvalue weighted by atomic mass is 9.99. The summed E-state index contributed by atoms with van der Waals surface area (Å²) in [6.45, 7) is 3.83. The van der Waals surface area contributed by atoms with Crippen LogP contribution in [0.2, 0.25) is 0 Å². The third-order valence-corrected chi connectivity index (χ3v) is 20.3. The van der Waals surface area contributed by atoms with Crippen LogP contribution in [-0.2, 0) is 106 Å². The highest BCUT2D eigenvalue weighted by Gasteiger charge is 2.42. The summed E-state index contributed by atoms with van der Waals surface area (Å²) in [5.41, 5.74) is 12.8. The van der Waals surface area contributed by atoms with Crippen molar-refractivity contribution in [3.8, 4) is 5.75 Å². The number of aromatic hydroxyl groups is 1. The average Bonchev–Trinajstić information content (AvgIpc) is 1.64. The van der Waals surface area contributed by atoms with Gasteiger partial charge in [-0.15, -0.1) is 0 Å². The smallest absolute Gasteiger partial charge is 0.326 e. The Morgan fingerprint density at radius 1 is 0.472 bits per heavy atom. The number of phenolic OH excluding ortho intramolecular Hbond substituents is 1. The molecule has 26 N–H and O–H groups in total. The molecule has 0 bridgehead atoms. The maximum atomic E-state index is 14.6. The number of amides is 16. The van der Waals surface area contributed by atoms with Crippen LogP contribution >= 0.6 is 11.8 Å². The lowest BCUT2D eigenvalue weighted by molar-refractivity contribution is -0.144. The first-order chi connectivity index (χ1) is 58.2. The van der Waals surface area contributed by atoms with Gasteiger partial charge >= 0.3 is 11.9 Å². The number of aromatic nitrogens is 1. The number of aromatic amines is 1. The average molecular weight is 1750 g/mol. The first-order valence-electron chi connectivity index (χ1n) is 39.5. The zero-order chi connectivity index (χ0) is 91.5. The van der Waals surface area contributed by atoms with Crippen LogP contribution in [0.5, 0.6) is 5.75 Å². The number of primary amides is 1. The summed E-state index contributed by atoms with van der Waals surface area (Å²) in [5.74, 6) is -21.0. The number of hydrogen-bond acceptors (Lipinski definition) is 25. The highest BCUT2D eigenvalue weighted by Crippen LogP contribution is 2.23. The Morgan fingerprint density at radius 3 is 1.44 bits per heavy atom. The number of aliphatic carboxylic acids is 2. The van der Waals surface area contributed by atoms with Crippen molar-refractivity contribution in [1.82, 2.24) is 84.3 Å². The number of thioether (sulfide) groups is 1. The molecule has 1 aliphatic rings. The van der Waals surface area contributed by atoms with Gasteiger partial charge in [0.1, 0.15) is 90.3 Å². The summed E-state index contributed by atoms with van der Waals surface area (Å²) in [7, 11) is 0. The molecule has 16 amide bonds. The number of aliphatic hydroxyl groups excluding tert-OH is 4. The van der Waals surface area contributed by atoms with Crippen LogP contribution < -0.4 is 85.9 Å². The van der Waals surface area contributed by atoms with Gasteiger partial charge in [-0.05, 0) is 90.3 Å². The van der Waals surface area contributed by atoms with Gasteiger partial charge in [0.05, 0.1) is 45.9 Å². The number of H-pyrrole nitrogens is 1. The molecule has 0 aliphatic carbocycles. The number of rotatable bonds is 51. The number of aliphatic hydroxyl groups is 4. The SMILES string of the molecule is CSCC[C@H](NC(=O)[C@@H](NC(=O)[C@@H](NC(=O)[C@@H](N)CO)C(C)C)C(C)C)C(=O)N1CCC[C@H]1C(=O)N[C@H](C(=O)NCC(=O)NCC(=O)N[C@@H](CCC(N)=O)C(=O)N[C@@H](CO)C(=O)N[C@@H](CO)C(=O)N[C@@H](Cc1ccccc1)C(=O)N[C@@H](Cc1ccc(O)cc1)C(=O)N[C@@H](CO)C(=O)N[C@@H](CC(=O)O)C(=O)N[C@@H](Cc1c[nH]c2ccccc12)C(=O)O)C(C)C. The Kier molecular flexibility index (Phi) is 41.2. The van der Waals surface area contributed by atoms with E-state index in [1.165, 1.54) is 59.3 Å². The van der Waals surface area contributed by atoms with Crippen molar-refractivity contribution in [1.29, 1.82) is 0 Å². The molecule has 43 nitrogen and oxygen atoms in total. The molecule has 1 saturated heterocycles. The number of carboxylic acids is 2. The topological polar surface area (TPSA) is 688 Å². The Hall–Kier alpha value is -12.4. The molecule has 1 fully saturated rings. The molecule has 674 valence electrons. The van der Waals surface area contributed by atoms with Crippen molar-refractivity contribution >= 4 is 129 Å². The van der Waals surface area contributed by atoms with E-state index < -0.39 is 274 Å². The Morgan fingerprint density at radius 2 is 0.927 bits per heavy atom. The van der Waals surface area contributed by atoms with E-state index in [0.717, 1.165) is 0 Å². The van der Waals surface area contributed by atoms with Crippen molar-refractivity contribution < 1.29 is 122 Å². The van der Waals surface area contributed by atoms with Crippen molar-refractivity contribution in [2.24, 2.45) is 29.2 Å². The minimum absolute atomic E-state index is 0.0870. The third-order valence-electron chi connectivity index (χ3n) is 19.6.